The quantitative estimate of drug-likeness (QED) is 0.880. The van der Waals surface area contributed by atoms with Crippen LogP contribution in [-0.2, 0) is 11.3 Å². The number of nitrogens with zero attached hydrogens (tertiary/aromatic N) is 2. The lowest BCUT2D eigenvalue weighted by Gasteiger charge is -2.39. The number of benzene rings is 1. The van der Waals surface area contributed by atoms with Gasteiger partial charge in [0.2, 0.25) is 5.91 Å². The van der Waals surface area contributed by atoms with Gasteiger partial charge >= 0.3 is 6.03 Å². The second-order valence-electron chi connectivity index (χ2n) is 8.59. The van der Waals surface area contributed by atoms with Gasteiger partial charge in [-0.3, -0.25) is 4.79 Å². The van der Waals surface area contributed by atoms with E-state index in [2.05, 4.69) is 5.32 Å². The minimum Gasteiger partial charge on any atom is -0.338 e. The molecule has 0 saturated carbocycles. The summed E-state index contributed by atoms with van der Waals surface area (Å²) in [4.78, 5) is 29.3. The van der Waals surface area contributed by atoms with E-state index in [0.29, 0.717) is 32.6 Å². The van der Waals surface area contributed by atoms with Crippen molar-refractivity contribution in [1.82, 2.24) is 15.1 Å². The molecule has 1 aromatic carbocycles. The van der Waals surface area contributed by atoms with Gasteiger partial charge in [-0.25, -0.2) is 9.18 Å². The van der Waals surface area contributed by atoms with E-state index in [-0.39, 0.29) is 23.3 Å². The van der Waals surface area contributed by atoms with E-state index in [9.17, 15) is 14.0 Å². The lowest BCUT2D eigenvalue weighted by Crippen LogP contribution is -2.52. The number of hydrogen-bond acceptors (Lipinski definition) is 2. The lowest BCUT2D eigenvalue weighted by atomic mass is 9.78. The van der Waals surface area contributed by atoms with Crippen molar-refractivity contribution in [2.24, 2.45) is 5.41 Å². The standard InChI is InChI=1S/C20H28FN3O2/c1-19(2,3)22-18(26)24-12-10-20(14-24)9-4-11-23(17(20)25)13-15-5-7-16(21)8-6-15/h5-8H,4,9-14H2,1-3H3,(H,22,26). The Labute approximate surface area is 154 Å². The van der Waals surface area contributed by atoms with Crippen LogP contribution < -0.4 is 5.32 Å². The van der Waals surface area contributed by atoms with E-state index in [1.165, 1.54) is 12.1 Å². The summed E-state index contributed by atoms with van der Waals surface area (Å²) in [6, 6.07) is 6.20. The highest BCUT2D eigenvalue weighted by atomic mass is 19.1. The number of nitrogens with one attached hydrogen (secondary N) is 1. The van der Waals surface area contributed by atoms with Crippen LogP contribution in [-0.4, -0.2) is 46.9 Å². The number of rotatable bonds is 2. The van der Waals surface area contributed by atoms with Crippen molar-refractivity contribution in [2.75, 3.05) is 19.6 Å². The molecule has 5 nitrogen and oxygen atoms in total. The third-order valence-electron chi connectivity index (χ3n) is 5.23. The Bertz CT molecular complexity index is 683. The summed E-state index contributed by atoms with van der Waals surface area (Å²) in [7, 11) is 0. The second-order valence-corrected chi connectivity index (χ2v) is 8.59. The van der Waals surface area contributed by atoms with Gasteiger partial charge in [-0.2, -0.15) is 0 Å². The van der Waals surface area contributed by atoms with Crippen LogP contribution in [0, 0.1) is 11.2 Å². The molecule has 2 heterocycles. The summed E-state index contributed by atoms with van der Waals surface area (Å²) in [6.45, 7) is 8.15. The van der Waals surface area contributed by atoms with Crippen molar-refractivity contribution in [3.8, 4) is 0 Å². The predicted molar refractivity (Wildman–Crippen MR) is 98.0 cm³/mol. The predicted octanol–water partition coefficient (Wildman–Crippen LogP) is 3.15. The molecule has 0 aromatic heterocycles. The first-order valence-electron chi connectivity index (χ1n) is 9.29. The number of carbonyl (C=O) groups is 2. The number of hydrogen-bond donors (Lipinski definition) is 1. The van der Waals surface area contributed by atoms with Crippen LogP contribution in [0.4, 0.5) is 9.18 Å². The number of piperidine rings is 1. The molecule has 1 spiro atoms. The zero-order valence-corrected chi connectivity index (χ0v) is 15.8. The first-order valence-corrected chi connectivity index (χ1v) is 9.29. The number of likely N-dealkylation sites (tertiary alicyclic amines) is 2. The molecule has 1 aromatic rings. The molecule has 6 heteroatoms. The van der Waals surface area contributed by atoms with E-state index in [1.807, 2.05) is 25.7 Å². The van der Waals surface area contributed by atoms with Crippen LogP contribution in [0.1, 0.15) is 45.6 Å². The maximum Gasteiger partial charge on any atom is 0.317 e. The van der Waals surface area contributed by atoms with Crippen LogP contribution in [0.25, 0.3) is 0 Å². The Morgan fingerprint density at radius 2 is 1.88 bits per heavy atom. The highest BCUT2D eigenvalue weighted by Crippen LogP contribution is 2.40. The van der Waals surface area contributed by atoms with Gasteiger partial charge in [0.1, 0.15) is 5.82 Å². The Balaban J connectivity index is 1.67. The van der Waals surface area contributed by atoms with Crippen molar-refractivity contribution >= 4 is 11.9 Å². The van der Waals surface area contributed by atoms with E-state index >= 15 is 0 Å². The van der Waals surface area contributed by atoms with Crippen LogP contribution in [0.3, 0.4) is 0 Å². The third kappa shape index (κ3) is 4.00. The normalized spacial score (nSPS) is 23.6. The summed E-state index contributed by atoms with van der Waals surface area (Å²) >= 11 is 0. The van der Waals surface area contributed by atoms with E-state index < -0.39 is 5.41 Å². The molecule has 1 N–H and O–H groups in total. The zero-order chi connectivity index (χ0) is 18.9. The molecular weight excluding hydrogens is 333 g/mol. The van der Waals surface area contributed by atoms with Crippen LogP contribution >= 0.6 is 0 Å². The fraction of sp³-hybridized carbons (Fsp3) is 0.600. The Kier molecular flexibility index (Phi) is 4.95. The highest BCUT2D eigenvalue weighted by molar-refractivity contribution is 5.86. The van der Waals surface area contributed by atoms with Gasteiger partial charge in [-0.05, 0) is 57.7 Å². The molecule has 0 bridgehead atoms. The lowest BCUT2D eigenvalue weighted by molar-refractivity contribution is -0.146. The van der Waals surface area contributed by atoms with Gasteiger partial charge in [-0.15, -0.1) is 0 Å². The van der Waals surface area contributed by atoms with Gasteiger partial charge in [0.15, 0.2) is 0 Å². The molecule has 2 aliphatic rings. The minimum absolute atomic E-state index is 0.0992. The van der Waals surface area contributed by atoms with Crippen LogP contribution in [0.5, 0.6) is 0 Å². The SMILES string of the molecule is CC(C)(C)NC(=O)N1CCC2(CCCN(Cc3ccc(F)cc3)C2=O)C1. The van der Waals surface area contributed by atoms with Gasteiger partial charge < -0.3 is 15.1 Å². The molecule has 3 amide bonds. The third-order valence-corrected chi connectivity index (χ3v) is 5.23. The molecule has 1 unspecified atom stereocenters. The average molecular weight is 361 g/mol. The molecule has 3 rings (SSSR count). The largest absolute Gasteiger partial charge is 0.338 e. The molecular formula is C20H28FN3O2. The van der Waals surface area contributed by atoms with E-state index in [1.54, 1.807) is 17.0 Å². The number of halogens is 1. The summed E-state index contributed by atoms with van der Waals surface area (Å²) in [6.07, 6.45) is 2.47. The molecule has 2 saturated heterocycles. The van der Waals surface area contributed by atoms with Gasteiger partial charge in [0, 0.05) is 31.7 Å². The van der Waals surface area contributed by atoms with Crippen molar-refractivity contribution < 1.29 is 14.0 Å². The summed E-state index contributed by atoms with van der Waals surface area (Å²) < 4.78 is 13.1. The van der Waals surface area contributed by atoms with Crippen molar-refractivity contribution in [3.63, 3.8) is 0 Å². The molecule has 26 heavy (non-hydrogen) atoms. The average Bonchev–Trinajstić information content (AvgIpc) is 2.98. The maximum absolute atomic E-state index is 13.2. The van der Waals surface area contributed by atoms with Gasteiger partial charge in [-0.1, -0.05) is 12.1 Å². The fourth-order valence-electron chi connectivity index (χ4n) is 3.94. The molecule has 0 aliphatic carbocycles. The smallest absolute Gasteiger partial charge is 0.317 e. The summed E-state index contributed by atoms with van der Waals surface area (Å²) in [5, 5.41) is 2.98. The molecule has 2 fully saturated rings. The topological polar surface area (TPSA) is 52.7 Å². The Morgan fingerprint density at radius 1 is 1.19 bits per heavy atom. The highest BCUT2D eigenvalue weighted by Gasteiger charge is 2.49. The summed E-state index contributed by atoms with van der Waals surface area (Å²) in [5.74, 6) is -0.148. The molecule has 2 aliphatic heterocycles. The number of urea groups is 1. The molecule has 0 radical (unpaired) electrons. The monoisotopic (exact) mass is 361 g/mol. The fourth-order valence-corrected chi connectivity index (χ4v) is 3.94. The van der Waals surface area contributed by atoms with Crippen molar-refractivity contribution in [1.29, 1.82) is 0 Å². The first kappa shape index (κ1) is 18.7. The Morgan fingerprint density at radius 3 is 2.54 bits per heavy atom. The number of carbonyl (C=O) groups excluding carboxylic acids is 2. The molecule has 142 valence electrons. The van der Waals surface area contributed by atoms with E-state index in [4.69, 9.17) is 0 Å². The summed E-state index contributed by atoms with van der Waals surface area (Å²) in [5.41, 5.74) is 0.169. The Hall–Kier alpha value is -2.11. The number of amides is 3. The first-order chi connectivity index (χ1) is 12.2. The van der Waals surface area contributed by atoms with E-state index in [0.717, 1.165) is 18.4 Å². The second kappa shape index (κ2) is 6.89. The van der Waals surface area contributed by atoms with Crippen molar-refractivity contribution in [3.05, 3.63) is 35.6 Å². The van der Waals surface area contributed by atoms with Gasteiger partial charge in [0.05, 0.1) is 5.41 Å². The van der Waals surface area contributed by atoms with Crippen molar-refractivity contribution in [2.45, 2.75) is 52.1 Å². The maximum atomic E-state index is 13.2. The minimum atomic E-state index is -0.465. The molecule has 1 atom stereocenters. The van der Waals surface area contributed by atoms with Crippen LogP contribution in [0.2, 0.25) is 0 Å². The van der Waals surface area contributed by atoms with Crippen LogP contribution in [0.15, 0.2) is 24.3 Å². The zero-order valence-electron chi connectivity index (χ0n) is 15.8. The van der Waals surface area contributed by atoms with Gasteiger partial charge in [0.25, 0.3) is 0 Å².